The van der Waals surface area contributed by atoms with Gasteiger partial charge in [-0.2, -0.15) is 0 Å². The molecule has 0 N–H and O–H groups in total. The second kappa shape index (κ2) is 5.19. The van der Waals surface area contributed by atoms with Gasteiger partial charge in [-0.3, -0.25) is 0 Å². The predicted octanol–water partition coefficient (Wildman–Crippen LogP) is 4.01. The zero-order valence-corrected chi connectivity index (χ0v) is 9.93. The van der Waals surface area contributed by atoms with Crippen molar-refractivity contribution < 1.29 is 0 Å². The number of rotatable bonds is 4. The molecule has 1 rings (SSSR count). The highest BCUT2D eigenvalue weighted by atomic mass is 14.1. The molecule has 0 atom stereocenters. The summed E-state index contributed by atoms with van der Waals surface area (Å²) in [5.41, 5.74) is 4.68. The van der Waals surface area contributed by atoms with Crippen molar-refractivity contribution in [2.24, 2.45) is 5.92 Å². The zero-order chi connectivity index (χ0) is 10.6. The van der Waals surface area contributed by atoms with E-state index in [0.29, 0.717) is 0 Å². The highest BCUT2D eigenvalue weighted by Gasteiger charge is 2.07. The minimum absolute atomic E-state index is 0.757. The summed E-state index contributed by atoms with van der Waals surface area (Å²) in [6.07, 6.45) is 3.55. The Labute approximate surface area is 88.4 Å². The number of benzene rings is 1. The molecule has 0 saturated heterocycles. The third kappa shape index (κ3) is 2.60. The molecule has 14 heavy (non-hydrogen) atoms. The van der Waals surface area contributed by atoms with Crippen LogP contribution in [0.15, 0.2) is 18.2 Å². The van der Waals surface area contributed by atoms with E-state index in [1.807, 2.05) is 0 Å². The standard InChI is InChI=1S/C14H22/c1-5-12-8-7-9-13(6-2)14(12)10-11(3)4/h7-9,11H,5-6,10H2,1-4H3. The lowest BCUT2D eigenvalue weighted by molar-refractivity contribution is 0.639. The van der Waals surface area contributed by atoms with Crippen molar-refractivity contribution in [2.75, 3.05) is 0 Å². The smallest absolute Gasteiger partial charge is 0.0250 e. The van der Waals surface area contributed by atoms with Gasteiger partial charge in [-0.1, -0.05) is 45.9 Å². The SMILES string of the molecule is CCc1cccc(CC)c1CC(C)C. The van der Waals surface area contributed by atoms with Crippen molar-refractivity contribution in [3.63, 3.8) is 0 Å². The predicted molar refractivity (Wildman–Crippen MR) is 63.7 cm³/mol. The molecule has 0 aliphatic rings. The van der Waals surface area contributed by atoms with Crippen LogP contribution >= 0.6 is 0 Å². The minimum Gasteiger partial charge on any atom is -0.0625 e. The Hall–Kier alpha value is -0.780. The fourth-order valence-electron chi connectivity index (χ4n) is 2.02. The van der Waals surface area contributed by atoms with Gasteiger partial charge < -0.3 is 0 Å². The second-order valence-electron chi connectivity index (χ2n) is 4.36. The summed E-state index contributed by atoms with van der Waals surface area (Å²) < 4.78 is 0. The lowest BCUT2D eigenvalue weighted by Crippen LogP contribution is -2.03. The molecule has 78 valence electrons. The van der Waals surface area contributed by atoms with Gasteiger partial charge in [0.2, 0.25) is 0 Å². The summed E-state index contributed by atoms with van der Waals surface area (Å²) in [4.78, 5) is 0. The molecular weight excluding hydrogens is 168 g/mol. The van der Waals surface area contributed by atoms with E-state index in [9.17, 15) is 0 Å². The first kappa shape index (κ1) is 11.3. The van der Waals surface area contributed by atoms with Crippen LogP contribution in [0.2, 0.25) is 0 Å². The highest BCUT2D eigenvalue weighted by molar-refractivity contribution is 5.35. The summed E-state index contributed by atoms with van der Waals surface area (Å²) in [6.45, 7) is 9.09. The van der Waals surface area contributed by atoms with Crippen LogP contribution in [0, 0.1) is 5.92 Å². The Balaban J connectivity index is 3.05. The van der Waals surface area contributed by atoms with Crippen molar-refractivity contribution >= 4 is 0 Å². The number of hydrogen-bond acceptors (Lipinski definition) is 0. The van der Waals surface area contributed by atoms with Crippen LogP contribution in [0.4, 0.5) is 0 Å². The lowest BCUT2D eigenvalue weighted by Gasteiger charge is -2.14. The fraction of sp³-hybridized carbons (Fsp3) is 0.571. The summed E-state index contributed by atoms with van der Waals surface area (Å²) in [7, 11) is 0. The van der Waals surface area contributed by atoms with Crippen molar-refractivity contribution in [1.82, 2.24) is 0 Å². The second-order valence-corrected chi connectivity index (χ2v) is 4.36. The van der Waals surface area contributed by atoms with Crippen LogP contribution < -0.4 is 0 Å². The van der Waals surface area contributed by atoms with Gasteiger partial charge in [-0.05, 0) is 41.9 Å². The largest absolute Gasteiger partial charge is 0.0625 e. The molecule has 0 unspecified atom stereocenters. The van der Waals surface area contributed by atoms with Crippen molar-refractivity contribution in [2.45, 2.75) is 47.0 Å². The summed E-state index contributed by atoms with van der Waals surface area (Å²) in [5.74, 6) is 0.757. The summed E-state index contributed by atoms with van der Waals surface area (Å²) in [5, 5.41) is 0. The Morgan fingerprint density at radius 2 is 1.50 bits per heavy atom. The average Bonchev–Trinajstić information content (AvgIpc) is 2.17. The summed E-state index contributed by atoms with van der Waals surface area (Å²) in [6, 6.07) is 6.75. The van der Waals surface area contributed by atoms with E-state index in [4.69, 9.17) is 0 Å². The molecule has 1 aromatic rings. The fourth-order valence-corrected chi connectivity index (χ4v) is 2.02. The molecule has 0 aromatic heterocycles. The van der Waals surface area contributed by atoms with E-state index in [-0.39, 0.29) is 0 Å². The molecule has 0 aliphatic heterocycles. The van der Waals surface area contributed by atoms with Gasteiger partial charge in [0, 0.05) is 0 Å². The molecule has 0 nitrogen and oxygen atoms in total. The van der Waals surface area contributed by atoms with Crippen molar-refractivity contribution in [3.8, 4) is 0 Å². The Morgan fingerprint density at radius 3 is 1.86 bits per heavy atom. The molecule has 0 amide bonds. The van der Waals surface area contributed by atoms with E-state index in [1.165, 1.54) is 17.5 Å². The van der Waals surface area contributed by atoms with E-state index < -0.39 is 0 Å². The molecule has 0 radical (unpaired) electrons. The van der Waals surface area contributed by atoms with Gasteiger partial charge >= 0.3 is 0 Å². The first-order valence-corrected chi connectivity index (χ1v) is 5.78. The topological polar surface area (TPSA) is 0 Å². The van der Waals surface area contributed by atoms with E-state index >= 15 is 0 Å². The number of hydrogen-bond donors (Lipinski definition) is 0. The third-order valence-electron chi connectivity index (χ3n) is 2.74. The highest BCUT2D eigenvalue weighted by Crippen LogP contribution is 2.20. The molecule has 1 aromatic carbocycles. The van der Waals surface area contributed by atoms with Crippen LogP contribution in [-0.2, 0) is 19.3 Å². The number of aryl methyl sites for hydroxylation is 2. The monoisotopic (exact) mass is 190 g/mol. The molecular formula is C14H22. The molecule has 0 spiro atoms. The van der Waals surface area contributed by atoms with Gasteiger partial charge in [-0.15, -0.1) is 0 Å². The van der Waals surface area contributed by atoms with E-state index in [2.05, 4.69) is 45.9 Å². The maximum absolute atomic E-state index is 2.30. The molecule has 0 saturated carbocycles. The van der Waals surface area contributed by atoms with Crippen LogP contribution in [0.5, 0.6) is 0 Å². The Kier molecular flexibility index (Phi) is 4.19. The van der Waals surface area contributed by atoms with Gasteiger partial charge in [0.15, 0.2) is 0 Å². The quantitative estimate of drug-likeness (QED) is 0.673. The van der Waals surface area contributed by atoms with Crippen LogP contribution in [-0.4, -0.2) is 0 Å². The Bertz CT molecular complexity index is 262. The minimum atomic E-state index is 0.757. The van der Waals surface area contributed by atoms with Crippen LogP contribution in [0.3, 0.4) is 0 Å². The molecule has 0 heteroatoms. The lowest BCUT2D eigenvalue weighted by atomic mass is 9.91. The normalized spacial score (nSPS) is 10.9. The average molecular weight is 190 g/mol. The van der Waals surface area contributed by atoms with E-state index in [0.717, 1.165) is 18.8 Å². The van der Waals surface area contributed by atoms with Gasteiger partial charge in [0.05, 0.1) is 0 Å². The summed E-state index contributed by atoms with van der Waals surface area (Å²) >= 11 is 0. The molecule has 0 aliphatic carbocycles. The maximum Gasteiger partial charge on any atom is -0.0250 e. The first-order chi connectivity index (χ1) is 6.69. The van der Waals surface area contributed by atoms with Gasteiger partial charge in [0.1, 0.15) is 0 Å². The van der Waals surface area contributed by atoms with Crippen LogP contribution in [0.25, 0.3) is 0 Å². The van der Waals surface area contributed by atoms with Gasteiger partial charge in [0.25, 0.3) is 0 Å². The third-order valence-corrected chi connectivity index (χ3v) is 2.74. The molecule has 0 heterocycles. The van der Waals surface area contributed by atoms with Crippen molar-refractivity contribution in [1.29, 1.82) is 0 Å². The van der Waals surface area contributed by atoms with E-state index in [1.54, 1.807) is 5.56 Å². The van der Waals surface area contributed by atoms with Crippen LogP contribution in [0.1, 0.15) is 44.4 Å². The molecule has 0 fully saturated rings. The first-order valence-electron chi connectivity index (χ1n) is 5.78. The molecule has 0 bridgehead atoms. The van der Waals surface area contributed by atoms with Gasteiger partial charge in [-0.25, -0.2) is 0 Å². The zero-order valence-electron chi connectivity index (χ0n) is 9.93. The van der Waals surface area contributed by atoms with Crippen molar-refractivity contribution in [3.05, 3.63) is 34.9 Å². The Morgan fingerprint density at radius 1 is 1.00 bits per heavy atom. The maximum atomic E-state index is 2.30.